The molecular weight excluding hydrogens is 359 g/mol. The number of hydrogen-bond donors (Lipinski definition) is 2. The first-order valence-electron chi connectivity index (χ1n) is 8.58. The van der Waals surface area contributed by atoms with Crippen LogP contribution in [0.15, 0.2) is 36.5 Å². The Hall–Kier alpha value is -2.77. The molecule has 1 aromatic heterocycles. The zero-order valence-electron chi connectivity index (χ0n) is 14.8. The number of aryl methyl sites for hydroxylation is 2. The maximum Gasteiger partial charge on any atom is 0.422 e. The van der Waals surface area contributed by atoms with Gasteiger partial charge in [-0.25, -0.2) is 9.78 Å². The molecule has 1 aliphatic rings. The third-order valence-electron chi connectivity index (χ3n) is 4.32. The Morgan fingerprint density at radius 3 is 2.89 bits per heavy atom. The molecule has 3 rings (SSSR count). The fourth-order valence-electron chi connectivity index (χ4n) is 3.06. The highest BCUT2D eigenvalue weighted by molar-refractivity contribution is 5.74. The summed E-state index contributed by atoms with van der Waals surface area (Å²) < 4.78 is 41.2. The monoisotopic (exact) mass is 379 g/mol. The lowest BCUT2D eigenvalue weighted by Gasteiger charge is -2.15. The van der Waals surface area contributed by atoms with Crippen LogP contribution in [0.25, 0.3) is 0 Å². The number of nitrogens with one attached hydrogen (secondary N) is 2. The van der Waals surface area contributed by atoms with E-state index in [1.807, 2.05) is 6.92 Å². The van der Waals surface area contributed by atoms with E-state index in [4.69, 9.17) is 0 Å². The van der Waals surface area contributed by atoms with Crippen molar-refractivity contribution in [1.82, 2.24) is 15.6 Å². The number of carbonyl (C=O) groups is 1. The minimum Gasteiger partial charge on any atom is -0.468 e. The molecule has 5 nitrogen and oxygen atoms in total. The second kappa shape index (κ2) is 7.85. The van der Waals surface area contributed by atoms with Crippen LogP contribution in [0.2, 0.25) is 0 Å². The second-order valence-corrected chi connectivity index (χ2v) is 6.53. The van der Waals surface area contributed by atoms with Crippen LogP contribution in [-0.4, -0.2) is 23.8 Å². The number of ether oxygens (including phenoxy) is 1. The molecule has 1 aliphatic carbocycles. The number of alkyl halides is 3. The fourth-order valence-corrected chi connectivity index (χ4v) is 3.06. The van der Waals surface area contributed by atoms with E-state index in [-0.39, 0.29) is 24.5 Å². The number of rotatable bonds is 5. The zero-order valence-corrected chi connectivity index (χ0v) is 14.8. The van der Waals surface area contributed by atoms with E-state index in [0.717, 1.165) is 24.0 Å². The van der Waals surface area contributed by atoms with Gasteiger partial charge >= 0.3 is 12.2 Å². The number of nitrogens with zero attached hydrogens (tertiary/aromatic N) is 1. The van der Waals surface area contributed by atoms with Crippen molar-refractivity contribution >= 4 is 6.03 Å². The van der Waals surface area contributed by atoms with E-state index >= 15 is 0 Å². The molecule has 2 amide bonds. The molecule has 1 heterocycles. The average molecular weight is 379 g/mol. The molecule has 0 fully saturated rings. The molecular formula is C19H20F3N3O2. The summed E-state index contributed by atoms with van der Waals surface area (Å²) in [6, 6.07) is 8.84. The molecule has 1 atom stereocenters. The highest BCUT2D eigenvalue weighted by Gasteiger charge is 2.28. The van der Waals surface area contributed by atoms with Gasteiger partial charge in [0.15, 0.2) is 6.61 Å². The summed E-state index contributed by atoms with van der Waals surface area (Å²) in [5.41, 5.74) is 4.12. The predicted octanol–water partition coefficient (Wildman–Crippen LogP) is 3.82. The number of pyridine rings is 1. The lowest BCUT2D eigenvalue weighted by Crippen LogP contribution is -2.36. The summed E-state index contributed by atoms with van der Waals surface area (Å²) in [5.74, 6) is -0.132. The van der Waals surface area contributed by atoms with Gasteiger partial charge in [0.05, 0.1) is 6.04 Å². The van der Waals surface area contributed by atoms with Gasteiger partial charge in [-0.15, -0.1) is 0 Å². The molecule has 144 valence electrons. The number of fused-ring (bicyclic) bond motifs is 1. The van der Waals surface area contributed by atoms with Gasteiger partial charge in [0.1, 0.15) is 0 Å². The molecule has 1 aromatic carbocycles. The molecule has 2 N–H and O–H groups in total. The number of hydrogen-bond acceptors (Lipinski definition) is 3. The Balaban J connectivity index is 1.52. The van der Waals surface area contributed by atoms with Gasteiger partial charge in [-0.2, -0.15) is 13.2 Å². The summed E-state index contributed by atoms with van der Waals surface area (Å²) in [6.45, 7) is 0.764. The number of carbonyl (C=O) groups excluding carboxylic acids is 1. The van der Waals surface area contributed by atoms with E-state index in [0.29, 0.717) is 5.56 Å². The zero-order chi connectivity index (χ0) is 19.4. The van der Waals surface area contributed by atoms with E-state index in [1.165, 1.54) is 17.8 Å². The van der Waals surface area contributed by atoms with Crippen molar-refractivity contribution in [3.8, 4) is 5.88 Å². The first-order chi connectivity index (χ1) is 12.8. The first-order valence-corrected chi connectivity index (χ1v) is 8.58. The van der Waals surface area contributed by atoms with Crippen LogP contribution in [0.3, 0.4) is 0 Å². The third-order valence-corrected chi connectivity index (χ3v) is 4.32. The SMILES string of the molecule is Cc1ccc2c(c1)[C@H](NC(=O)NCc1ccnc(OCC(F)(F)F)c1)CC2. The van der Waals surface area contributed by atoms with Crippen molar-refractivity contribution in [2.75, 3.05) is 6.61 Å². The summed E-state index contributed by atoms with van der Waals surface area (Å²) >= 11 is 0. The predicted molar refractivity (Wildman–Crippen MR) is 93.4 cm³/mol. The van der Waals surface area contributed by atoms with Gasteiger partial charge < -0.3 is 15.4 Å². The summed E-state index contributed by atoms with van der Waals surface area (Å²) in [4.78, 5) is 15.9. The number of benzene rings is 1. The van der Waals surface area contributed by atoms with Crippen LogP contribution in [0.4, 0.5) is 18.0 Å². The maximum atomic E-state index is 12.2. The molecule has 27 heavy (non-hydrogen) atoms. The standard InChI is InChI=1S/C19H20F3N3O2/c1-12-2-3-14-4-5-16(15(14)8-12)25-18(26)24-10-13-6-7-23-17(9-13)27-11-19(20,21)22/h2-3,6-9,16H,4-5,10-11H2,1H3,(H2,24,25,26)/t16-/m1/s1. The van der Waals surface area contributed by atoms with Crippen molar-refractivity contribution < 1.29 is 22.7 Å². The Morgan fingerprint density at radius 1 is 1.30 bits per heavy atom. The van der Waals surface area contributed by atoms with Crippen molar-refractivity contribution in [3.63, 3.8) is 0 Å². The smallest absolute Gasteiger partial charge is 0.422 e. The number of amides is 2. The Labute approximate surface area is 154 Å². The summed E-state index contributed by atoms with van der Waals surface area (Å²) in [7, 11) is 0. The van der Waals surface area contributed by atoms with Crippen molar-refractivity contribution in [2.24, 2.45) is 0 Å². The van der Waals surface area contributed by atoms with Crippen molar-refractivity contribution in [2.45, 2.75) is 38.5 Å². The lowest BCUT2D eigenvalue weighted by molar-refractivity contribution is -0.154. The highest BCUT2D eigenvalue weighted by Crippen LogP contribution is 2.31. The van der Waals surface area contributed by atoms with E-state index in [1.54, 1.807) is 6.07 Å². The fraction of sp³-hybridized carbons (Fsp3) is 0.368. The van der Waals surface area contributed by atoms with Gasteiger partial charge in [-0.1, -0.05) is 23.8 Å². The van der Waals surface area contributed by atoms with E-state index < -0.39 is 12.8 Å². The molecule has 0 aliphatic heterocycles. The minimum atomic E-state index is -4.42. The van der Waals surface area contributed by atoms with E-state index in [9.17, 15) is 18.0 Å². The van der Waals surface area contributed by atoms with Crippen molar-refractivity contribution in [3.05, 3.63) is 58.8 Å². The quantitative estimate of drug-likeness (QED) is 0.830. The second-order valence-electron chi connectivity index (χ2n) is 6.53. The lowest BCUT2D eigenvalue weighted by atomic mass is 10.1. The normalized spacial score (nSPS) is 15.9. The van der Waals surface area contributed by atoms with Crippen LogP contribution in [0.5, 0.6) is 5.88 Å². The third kappa shape index (κ3) is 5.35. The van der Waals surface area contributed by atoms with Gasteiger partial charge in [0.25, 0.3) is 0 Å². The first kappa shape index (κ1) is 19.0. The average Bonchev–Trinajstić information content (AvgIpc) is 3.00. The van der Waals surface area contributed by atoms with Crippen LogP contribution in [-0.2, 0) is 13.0 Å². The van der Waals surface area contributed by atoms with Gasteiger partial charge in [0, 0.05) is 18.8 Å². The number of urea groups is 1. The highest BCUT2D eigenvalue weighted by atomic mass is 19.4. The van der Waals surface area contributed by atoms with Gasteiger partial charge in [-0.05, 0) is 42.5 Å². The van der Waals surface area contributed by atoms with Crippen LogP contribution in [0, 0.1) is 6.92 Å². The minimum absolute atomic E-state index is 0.0389. The molecule has 8 heteroatoms. The molecule has 0 radical (unpaired) electrons. The molecule has 0 bridgehead atoms. The molecule has 2 aromatic rings. The van der Waals surface area contributed by atoms with Crippen LogP contribution >= 0.6 is 0 Å². The maximum absolute atomic E-state index is 12.2. The Bertz CT molecular complexity index is 824. The number of aromatic nitrogens is 1. The molecule has 0 unspecified atom stereocenters. The summed E-state index contributed by atoms with van der Waals surface area (Å²) in [5, 5.41) is 5.66. The van der Waals surface area contributed by atoms with Gasteiger partial charge in [-0.3, -0.25) is 0 Å². The molecule has 0 spiro atoms. The van der Waals surface area contributed by atoms with Crippen molar-refractivity contribution in [1.29, 1.82) is 0 Å². The largest absolute Gasteiger partial charge is 0.468 e. The van der Waals surface area contributed by atoms with Gasteiger partial charge in [0.2, 0.25) is 5.88 Å². The van der Waals surface area contributed by atoms with E-state index in [2.05, 4.69) is 38.6 Å². The topological polar surface area (TPSA) is 63.2 Å². The van der Waals surface area contributed by atoms with Crippen LogP contribution in [0.1, 0.15) is 34.7 Å². The molecule has 0 saturated carbocycles. The van der Waals surface area contributed by atoms with Crippen LogP contribution < -0.4 is 15.4 Å². The summed E-state index contributed by atoms with van der Waals surface area (Å²) in [6.07, 6.45) is -1.32. The molecule has 0 saturated heterocycles. The Morgan fingerprint density at radius 2 is 2.11 bits per heavy atom. The Kier molecular flexibility index (Phi) is 5.53. The number of halogens is 3.